The summed E-state index contributed by atoms with van der Waals surface area (Å²) in [5.74, 6) is -0.644. The average Bonchev–Trinajstić information content (AvgIpc) is 3.26. The molecule has 1 aromatic heterocycles. The van der Waals surface area contributed by atoms with Crippen LogP contribution in [0.1, 0.15) is 24.0 Å². The molecular weight excluding hydrogens is 383 g/mol. The number of fused-ring (bicyclic) bond motifs is 1. The number of aromatic amines is 1. The number of H-pyrrole nitrogens is 1. The molecule has 29 heavy (non-hydrogen) atoms. The van der Waals surface area contributed by atoms with Crippen LogP contribution >= 0.6 is 0 Å². The number of amides is 2. The predicted molar refractivity (Wildman–Crippen MR) is 102 cm³/mol. The van der Waals surface area contributed by atoms with Crippen LogP contribution in [0, 0.1) is 0 Å². The second-order valence-corrected chi connectivity index (χ2v) is 7.00. The zero-order chi connectivity index (χ0) is 20.6. The summed E-state index contributed by atoms with van der Waals surface area (Å²) in [6.45, 7) is 0.253. The van der Waals surface area contributed by atoms with Crippen LogP contribution in [0.15, 0.2) is 54.7 Å². The maximum absolute atomic E-state index is 12.9. The van der Waals surface area contributed by atoms with E-state index in [1.54, 1.807) is 6.20 Å². The second kappa shape index (κ2) is 7.27. The van der Waals surface area contributed by atoms with E-state index in [2.05, 4.69) is 10.3 Å². The lowest BCUT2D eigenvalue weighted by molar-refractivity contribution is -0.137. The van der Waals surface area contributed by atoms with Gasteiger partial charge in [0.25, 0.3) is 0 Å². The maximum atomic E-state index is 12.9. The summed E-state index contributed by atoms with van der Waals surface area (Å²) in [6, 6.07) is 11.4. The van der Waals surface area contributed by atoms with Gasteiger partial charge in [0.1, 0.15) is 6.04 Å². The number of alkyl halides is 3. The molecule has 3 aromatic rings. The first-order valence-electron chi connectivity index (χ1n) is 9.15. The van der Waals surface area contributed by atoms with Gasteiger partial charge >= 0.3 is 6.18 Å². The highest BCUT2D eigenvalue weighted by molar-refractivity contribution is 5.99. The fourth-order valence-corrected chi connectivity index (χ4v) is 3.65. The standard InChI is InChI=1S/C21H18F3N3O2/c22-21(23,24)14-4-3-5-15(10-14)26-20(29)18-8-9-19(28)27(18)12-13-11-25-17-7-2-1-6-16(13)17/h1-7,10-11,18,25H,8-9,12H2,(H,26,29). The van der Waals surface area contributed by atoms with Gasteiger partial charge in [-0.15, -0.1) is 0 Å². The average molecular weight is 401 g/mol. The van der Waals surface area contributed by atoms with Crippen molar-refractivity contribution in [3.63, 3.8) is 0 Å². The second-order valence-electron chi connectivity index (χ2n) is 7.00. The van der Waals surface area contributed by atoms with Gasteiger partial charge in [-0.25, -0.2) is 0 Å². The first-order chi connectivity index (χ1) is 13.8. The molecular formula is C21H18F3N3O2. The van der Waals surface area contributed by atoms with E-state index >= 15 is 0 Å². The molecule has 1 saturated heterocycles. The van der Waals surface area contributed by atoms with Gasteiger partial charge < -0.3 is 15.2 Å². The van der Waals surface area contributed by atoms with Gasteiger partial charge in [0.15, 0.2) is 0 Å². The molecule has 4 rings (SSSR count). The molecule has 150 valence electrons. The number of halogens is 3. The monoisotopic (exact) mass is 401 g/mol. The molecule has 5 nitrogen and oxygen atoms in total. The summed E-state index contributed by atoms with van der Waals surface area (Å²) < 4.78 is 38.7. The third kappa shape index (κ3) is 3.83. The summed E-state index contributed by atoms with van der Waals surface area (Å²) in [7, 11) is 0. The molecule has 2 amide bonds. The zero-order valence-electron chi connectivity index (χ0n) is 15.3. The minimum absolute atomic E-state index is 0.0521. The first-order valence-corrected chi connectivity index (χ1v) is 9.15. The smallest absolute Gasteiger partial charge is 0.361 e. The van der Waals surface area contributed by atoms with Crippen LogP contribution in [0.5, 0.6) is 0 Å². The van der Waals surface area contributed by atoms with Gasteiger partial charge in [-0.05, 0) is 36.2 Å². The number of hydrogen-bond donors (Lipinski definition) is 2. The lowest BCUT2D eigenvalue weighted by Gasteiger charge is -2.24. The van der Waals surface area contributed by atoms with Gasteiger partial charge in [-0.1, -0.05) is 24.3 Å². The number of para-hydroxylation sites is 1. The predicted octanol–water partition coefficient (Wildman–Crippen LogP) is 4.32. The van der Waals surface area contributed by atoms with Crippen LogP contribution in [0.2, 0.25) is 0 Å². The highest BCUT2D eigenvalue weighted by Gasteiger charge is 2.36. The van der Waals surface area contributed by atoms with Crippen molar-refractivity contribution in [2.24, 2.45) is 0 Å². The third-order valence-electron chi connectivity index (χ3n) is 5.10. The van der Waals surface area contributed by atoms with Crippen molar-refractivity contribution in [2.45, 2.75) is 31.6 Å². The molecule has 0 spiro atoms. The SMILES string of the molecule is O=C(Nc1cccc(C(F)(F)F)c1)C1CCC(=O)N1Cc1c[nH]c2ccccc12. The van der Waals surface area contributed by atoms with Crippen LogP contribution in [0.25, 0.3) is 10.9 Å². The molecule has 0 aliphatic carbocycles. The van der Waals surface area contributed by atoms with Crippen molar-refractivity contribution in [2.75, 3.05) is 5.32 Å². The Morgan fingerprint density at radius 3 is 2.76 bits per heavy atom. The maximum Gasteiger partial charge on any atom is 0.416 e. The van der Waals surface area contributed by atoms with E-state index in [1.807, 2.05) is 24.3 Å². The molecule has 8 heteroatoms. The Kier molecular flexibility index (Phi) is 4.77. The van der Waals surface area contributed by atoms with Crippen LogP contribution in [-0.2, 0) is 22.3 Å². The van der Waals surface area contributed by atoms with Gasteiger partial charge in [-0.3, -0.25) is 9.59 Å². The van der Waals surface area contributed by atoms with Crippen LogP contribution < -0.4 is 5.32 Å². The Bertz CT molecular complexity index is 1070. The number of anilines is 1. The van der Waals surface area contributed by atoms with E-state index in [-0.39, 0.29) is 24.6 Å². The number of likely N-dealkylation sites (tertiary alicyclic amines) is 1. The van der Waals surface area contributed by atoms with Gasteiger partial charge in [0.05, 0.1) is 5.56 Å². The fourth-order valence-electron chi connectivity index (χ4n) is 3.65. The Morgan fingerprint density at radius 1 is 1.17 bits per heavy atom. The summed E-state index contributed by atoms with van der Waals surface area (Å²) in [5, 5.41) is 3.49. The van der Waals surface area contributed by atoms with E-state index in [0.29, 0.717) is 6.42 Å². The molecule has 1 aliphatic heterocycles. The number of aromatic nitrogens is 1. The largest absolute Gasteiger partial charge is 0.416 e. The molecule has 2 heterocycles. The molecule has 0 saturated carbocycles. The van der Waals surface area contributed by atoms with E-state index in [9.17, 15) is 22.8 Å². The lowest BCUT2D eigenvalue weighted by Crippen LogP contribution is -2.41. The summed E-state index contributed by atoms with van der Waals surface area (Å²) >= 11 is 0. The number of carbonyl (C=O) groups excluding carboxylic acids is 2. The topological polar surface area (TPSA) is 65.2 Å². The van der Waals surface area contributed by atoms with Crippen molar-refractivity contribution in [1.82, 2.24) is 9.88 Å². The van der Waals surface area contributed by atoms with E-state index < -0.39 is 23.7 Å². The molecule has 1 unspecified atom stereocenters. The molecule has 1 aliphatic rings. The van der Waals surface area contributed by atoms with Crippen LogP contribution in [0.4, 0.5) is 18.9 Å². The Morgan fingerprint density at radius 2 is 1.97 bits per heavy atom. The van der Waals surface area contributed by atoms with Gasteiger partial charge in [0, 0.05) is 35.8 Å². The lowest BCUT2D eigenvalue weighted by atomic mass is 10.1. The quantitative estimate of drug-likeness (QED) is 0.684. The molecule has 0 radical (unpaired) electrons. The highest BCUT2D eigenvalue weighted by Crippen LogP contribution is 2.31. The number of hydrogen-bond acceptors (Lipinski definition) is 2. The van der Waals surface area contributed by atoms with Gasteiger partial charge in [-0.2, -0.15) is 13.2 Å². The molecule has 2 N–H and O–H groups in total. The van der Waals surface area contributed by atoms with Crippen molar-refractivity contribution >= 4 is 28.4 Å². The summed E-state index contributed by atoms with van der Waals surface area (Å²) in [4.78, 5) is 29.7. The Labute approximate surface area is 164 Å². The van der Waals surface area contributed by atoms with Crippen molar-refractivity contribution in [3.05, 3.63) is 65.9 Å². The van der Waals surface area contributed by atoms with Crippen LogP contribution in [-0.4, -0.2) is 27.7 Å². The van der Waals surface area contributed by atoms with Crippen LogP contribution in [0.3, 0.4) is 0 Å². The first kappa shape index (κ1) is 19.0. The molecule has 2 aromatic carbocycles. The number of nitrogens with one attached hydrogen (secondary N) is 2. The Hall–Kier alpha value is -3.29. The number of carbonyl (C=O) groups is 2. The van der Waals surface area contributed by atoms with E-state index in [0.717, 1.165) is 28.6 Å². The van der Waals surface area contributed by atoms with E-state index in [4.69, 9.17) is 0 Å². The number of benzene rings is 2. The van der Waals surface area contributed by atoms with Crippen molar-refractivity contribution < 1.29 is 22.8 Å². The highest BCUT2D eigenvalue weighted by atomic mass is 19.4. The van der Waals surface area contributed by atoms with Gasteiger partial charge in [0.2, 0.25) is 11.8 Å². The molecule has 1 fully saturated rings. The normalized spacial score (nSPS) is 17.1. The number of nitrogens with zero attached hydrogens (tertiary/aromatic N) is 1. The third-order valence-corrected chi connectivity index (χ3v) is 5.10. The minimum atomic E-state index is -4.49. The van der Waals surface area contributed by atoms with Crippen molar-refractivity contribution in [3.8, 4) is 0 Å². The molecule has 0 bridgehead atoms. The summed E-state index contributed by atoms with van der Waals surface area (Å²) in [6.07, 6.45) is -2.14. The molecule has 1 atom stereocenters. The number of rotatable bonds is 4. The summed E-state index contributed by atoms with van der Waals surface area (Å²) in [5.41, 5.74) is 1.02. The van der Waals surface area contributed by atoms with Crippen molar-refractivity contribution in [1.29, 1.82) is 0 Å². The minimum Gasteiger partial charge on any atom is -0.361 e. The zero-order valence-corrected chi connectivity index (χ0v) is 15.3. The fraction of sp³-hybridized carbons (Fsp3) is 0.238. The Balaban J connectivity index is 1.53. The van der Waals surface area contributed by atoms with E-state index in [1.165, 1.54) is 17.0 Å².